The smallest absolute Gasteiger partial charge is 0.283 e. The second-order valence-electron chi connectivity index (χ2n) is 9.45. The summed E-state index contributed by atoms with van der Waals surface area (Å²) in [6.45, 7) is 1.93. The molecule has 1 N–H and O–H groups in total. The summed E-state index contributed by atoms with van der Waals surface area (Å²) in [5.74, 6) is 0.492. The van der Waals surface area contributed by atoms with E-state index in [4.69, 9.17) is 0 Å². The number of hydrogen-bond donors (Lipinski definition) is 1. The molecule has 6 rings (SSSR count). The molecule has 3 aromatic carbocycles. The molecule has 0 saturated heterocycles. The van der Waals surface area contributed by atoms with Crippen molar-refractivity contribution in [3.8, 4) is 0 Å². The van der Waals surface area contributed by atoms with E-state index in [1.54, 1.807) is 30.5 Å². The monoisotopic (exact) mass is 518 g/mol. The van der Waals surface area contributed by atoms with Crippen molar-refractivity contribution < 1.29 is 8.42 Å². The number of pyridine rings is 1. The Kier molecular flexibility index (Phi) is 5.93. The van der Waals surface area contributed by atoms with Gasteiger partial charge in [-0.3, -0.25) is 4.98 Å². The number of para-hydroxylation sites is 1. The number of aryl methyl sites for hydroxylation is 1. The van der Waals surface area contributed by atoms with Gasteiger partial charge in [-0.25, -0.2) is 0 Å². The average Bonchev–Trinajstić information content (AvgIpc) is 3.32. The van der Waals surface area contributed by atoms with E-state index >= 15 is 0 Å². The fourth-order valence-electron chi connectivity index (χ4n) is 5.02. The van der Waals surface area contributed by atoms with Crippen molar-refractivity contribution in [3.05, 3.63) is 143 Å². The number of aromatic nitrogens is 3. The topological polar surface area (TPSA) is 76.9 Å². The van der Waals surface area contributed by atoms with E-state index in [1.165, 1.54) is 4.09 Å². The zero-order valence-corrected chi connectivity index (χ0v) is 21.6. The first kappa shape index (κ1) is 23.9. The fourth-order valence-corrected chi connectivity index (χ4v) is 6.34. The van der Waals surface area contributed by atoms with Crippen molar-refractivity contribution in [1.82, 2.24) is 14.2 Å². The number of nitrogens with zero attached hydrogens (tertiary/aromatic N) is 3. The highest BCUT2D eigenvalue weighted by molar-refractivity contribution is 7.89. The van der Waals surface area contributed by atoms with E-state index in [-0.39, 0.29) is 4.90 Å². The van der Waals surface area contributed by atoms with Crippen LogP contribution in [0.3, 0.4) is 0 Å². The van der Waals surface area contributed by atoms with Crippen molar-refractivity contribution in [1.29, 1.82) is 0 Å². The molecule has 2 aromatic heterocycles. The summed E-state index contributed by atoms with van der Waals surface area (Å²) in [7, 11) is -3.97. The zero-order chi connectivity index (χ0) is 26.2. The Labute approximate surface area is 222 Å². The lowest BCUT2D eigenvalue weighted by Crippen LogP contribution is -2.32. The third-order valence-electron chi connectivity index (χ3n) is 7.02. The summed E-state index contributed by atoms with van der Waals surface area (Å²) >= 11 is 0. The van der Waals surface area contributed by atoms with Gasteiger partial charge in [0.1, 0.15) is 0 Å². The quantitative estimate of drug-likeness (QED) is 0.293. The number of nitrogens with one attached hydrogen (secondary N) is 1. The second-order valence-corrected chi connectivity index (χ2v) is 11.2. The van der Waals surface area contributed by atoms with Gasteiger partial charge in [0.15, 0.2) is 5.82 Å². The molecule has 1 unspecified atom stereocenters. The number of rotatable bonds is 6. The molecular weight excluding hydrogens is 492 g/mol. The molecule has 0 fully saturated rings. The maximum atomic E-state index is 14.0. The summed E-state index contributed by atoms with van der Waals surface area (Å²) in [6, 6.07) is 30.6. The van der Waals surface area contributed by atoms with Crippen LogP contribution in [0.2, 0.25) is 0 Å². The third kappa shape index (κ3) is 4.11. The standard InChI is InChI=1S/C31H26N4O2S/c1-23-14-16-27(17-15-23)38(36,37)35-29-21-31(24-9-4-2-5-10-24,25-11-8-20-32-22-25)19-18-28(29)30(34-35)33-26-12-6-3-7-13-26/h2-20,22H,21H2,1H3,(H,33,34). The van der Waals surface area contributed by atoms with Gasteiger partial charge in [0.2, 0.25) is 0 Å². The summed E-state index contributed by atoms with van der Waals surface area (Å²) < 4.78 is 29.2. The van der Waals surface area contributed by atoms with E-state index in [2.05, 4.69) is 33.6 Å². The lowest BCUT2D eigenvalue weighted by molar-refractivity contribution is 0.564. The zero-order valence-electron chi connectivity index (χ0n) is 20.8. The molecule has 7 heteroatoms. The number of fused-ring (bicyclic) bond motifs is 1. The summed E-state index contributed by atoms with van der Waals surface area (Å²) in [5, 5.41) is 7.99. The van der Waals surface area contributed by atoms with Crippen molar-refractivity contribution in [2.45, 2.75) is 23.7 Å². The molecule has 0 bridgehead atoms. The van der Waals surface area contributed by atoms with Gasteiger partial charge in [-0.2, -0.15) is 12.5 Å². The van der Waals surface area contributed by atoms with Crippen LogP contribution in [0.15, 0.2) is 120 Å². The predicted molar refractivity (Wildman–Crippen MR) is 150 cm³/mol. The van der Waals surface area contributed by atoms with E-state index in [9.17, 15) is 8.42 Å². The molecule has 2 heterocycles. The molecule has 5 aromatic rings. The van der Waals surface area contributed by atoms with E-state index in [0.717, 1.165) is 27.9 Å². The van der Waals surface area contributed by atoms with Crippen LogP contribution in [0.25, 0.3) is 6.08 Å². The Bertz CT molecular complexity index is 1670. The summed E-state index contributed by atoms with van der Waals surface area (Å²) in [5.41, 5.74) is 4.58. The number of hydrogen-bond acceptors (Lipinski definition) is 5. The Balaban J connectivity index is 1.57. The predicted octanol–water partition coefficient (Wildman–Crippen LogP) is 6.12. The first-order valence-corrected chi connectivity index (χ1v) is 13.8. The molecule has 188 valence electrons. The minimum atomic E-state index is -3.97. The van der Waals surface area contributed by atoms with E-state index < -0.39 is 15.4 Å². The third-order valence-corrected chi connectivity index (χ3v) is 8.64. The first-order valence-electron chi connectivity index (χ1n) is 12.4. The van der Waals surface area contributed by atoms with E-state index in [1.807, 2.05) is 79.9 Å². The van der Waals surface area contributed by atoms with Crippen LogP contribution in [0.4, 0.5) is 11.5 Å². The maximum absolute atomic E-state index is 14.0. The number of benzene rings is 3. The molecule has 38 heavy (non-hydrogen) atoms. The average molecular weight is 519 g/mol. The van der Waals surface area contributed by atoms with Crippen LogP contribution < -0.4 is 5.32 Å². The van der Waals surface area contributed by atoms with Gasteiger partial charge < -0.3 is 5.32 Å². The second kappa shape index (κ2) is 9.43. The van der Waals surface area contributed by atoms with Crippen LogP contribution in [0.1, 0.15) is 27.9 Å². The highest BCUT2D eigenvalue weighted by Crippen LogP contribution is 2.44. The summed E-state index contributed by atoms with van der Waals surface area (Å²) in [6.07, 6.45) is 8.11. The normalized spacial score (nSPS) is 16.7. The van der Waals surface area contributed by atoms with Crippen molar-refractivity contribution in [2.24, 2.45) is 0 Å². The molecule has 1 aliphatic carbocycles. The van der Waals surface area contributed by atoms with Crippen molar-refractivity contribution in [2.75, 3.05) is 5.32 Å². The minimum absolute atomic E-state index is 0.195. The molecule has 0 spiro atoms. The molecule has 0 aliphatic heterocycles. The Morgan fingerprint density at radius 1 is 0.842 bits per heavy atom. The Morgan fingerprint density at radius 2 is 1.53 bits per heavy atom. The van der Waals surface area contributed by atoms with Gasteiger partial charge in [0.05, 0.1) is 10.6 Å². The van der Waals surface area contributed by atoms with Crippen LogP contribution in [-0.2, 0) is 21.9 Å². The summed E-state index contributed by atoms with van der Waals surface area (Å²) in [4.78, 5) is 4.58. The van der Waals surface area contributed by atoms with E-state index in [0.29, 0.717) is 17.9 Å². The fraction of sp³-hybridized carbons (Fsp3) is 0.0968. The molecule has 1 atom stereocenters. The van der Waals surface area contributed by atoms with Crippen molar-refractivity contribution >= 4 is 27.6 Å². The highest BCUT2D eigenvalue weighted by Gasteiger charge is 2.40. The van der Waals surface area contributed by atoms with Gasteiger partial charge in [0, 0.05) is 35.5 Å². The molecule has 0 radical (unpaired) electrons. The van der Waals surface area contributed by atoms with Crippen LogP contribution in [0, 0.1) is 6.92 Å². The Hall–Kier alpha value is -4.49. The number of allylic oxidation sites excluding steroid dienone is 1. The minimum Gasteiger partial charge on any atom is -0.338 e. The van der Waals surface area contributed by atoms with Crippen LogP contribution >= 0.6 is 0 Å². The van der Waals surface area contributed by atoms with Gasteiger partial charge in [-0.1, -0.05) is 84.4 Å². The lowest BCUT2D eigenvalue weighted by Gasteiger charge is -2.34. The molecular formula is C31H26N4O2S. The highest BCUT2D eigenvalue weighted by atomic mass is 32.2. The maximum Gasteiger partial charge on any atom is 0.283 e. The van der Waals surface area contributed by atoms with Crippen LogP contribution in [-0.4, -0.2) is 22.6 Å². The van der Waals surface area contributed by atoms with Gasteiger partial charge >= 0.3 is 0 Å². The van der Waals surface area contributed by atoms with Gasteiger partial charge in [-0.15, -0.1) is 5.10 Å². The molecule has 0 saturated carbocycles. The van der Waals surface area contributed by atoms with Crippen LogP contribution in [0.5, 0.6) is 0 Å². The van der Waals surface area contributed by atoms with Gasteiger partial charge in [-0.05, 0) is 48.4 Å². The van der Waals surface area contributed by atoms with Crippen molar-refractivity contribution in [3.63, 3.8) is 0 Å². The number of anilines is 2. The Morgan fingerprint density at radius 3 is 2.21 bits per heavy atom. The molecule has 0 amide bonds. The lowest BCUT2D eigenvalue weighted by atomic mass is 9.69. The molecule has 1 aliphatic rings. The molecule has 6 nitrogen and oxygen atoms in total. The SMILES string of the molecule is Cc1ccc(S(=O)(=O)n2nc(Nc3ccccc3)c3c2CC(c2ccccc2)(c2cccnc2)C=C3)cc1. The first-order chi connectivity index (χ1) is 18.5. The van der Waals surface area contributed by atoms with Gasteiger partial charge in [0.25, 0.3) is 10.0 Å². The largest absolute Gasteiger partial charge is 0.338 e.